The molecule has 2 rings (SSSR count). The molecule has 0 bridgehead atoms. The molecule has 5 heteroatoms. The molecule has 0 radical (unpaired) electrons. The molecule has 2 atom stereocenters. The first-order valence-electron chi connectivity index (χ1n) is 7.92. The van der Waals surface area contributed by atoms with E-state index in [0.29, 0.717) is 23.8 Å². The van der Waals surface area contributed by atoms with E-state index >= 15 is 0 Å². The SMILES string of the molecule is CC(NC(=O)CC(C)C1CCNCC1)c1ccc(F)cc1F. The number of carbonyl (C=O) groups is 1. The molecule has 22 heavy (non-hydrogen) atoms. The van der Waals surface area contributed by atoms with Gasteiger partial charge in [0.1, 0.15) is 11.6 Å². The van der Waals surface area contributed by atoms with Crippen molar-refractivity contribution in [1.82, 2.24) is 10.6 Å². The van der Waals surface area contributed by atoms with Gasteiger partial charge in [0.15, 0.2) is 0 Å². The van der Waals surface area contributed by atoms with Crippen LogP contribution < -0.4 is 10.6 Å². The third-order valence-corrected chi connectivity index (χ3v) is 4.50. The predicted octanol–water partition coefficient (Wildman–Crippen LogP) is 3.17. The molecular weight excluding hydrogens is 286 g/mol. The zero-order chi connectivity index (χ0) is 16.1. The van der Waals surface area contributed by atoms with Crippen LogP contribution in [-0.2, 0) is 4.79 Å². The van der Waals surface area contributed by atoms with Crippen LogP contribution in [0.4, 0.5) is 8.78 Å². The second-order valence-corrected chi connectivity index (χ2v) is 6.22. The third kappa shape index (κ3) is 4.50. The Morgan fingerprint density at radius 3 is 2.64 bits per heavy atom. The Kier molecular flexibility index (Phi) is 5.89. The fraction of sp³-hybridized carbons (Fsp3) is 0.588. The van der Waals surface area contributed by atoms with Gasteiger partial charge >= 0.3 is 0 Å². The molecule has 0 aliphatic carbocycles. The summed E-state index contributed by atoms with van der Waals surface area (Å²) in [6, 6.07) is 2.97. The highest BCUT2D eigenvalue weighted by atomic mass is 19.1. The van der Waals surface area contributed by atoms with Crippen molar-refractivity contribution in [3.8, 4) is 0 Å². The first-order valence-corrected chi connectivity index (χ1v) is 7.92. The molecule has 2 unspecified atom stereocenters. The smallest absolute Gasteiger partial charge is 0.220 e. The van der Waals surface area contributed by atoms with E-state index in [-0.39, 0.29) is 5.91 Å². The van der Waals surface area contributed by atoms with Crippen LogP contribution in [0.15, 0.2) is 18.2 Å². The summed E-state index contributed by atoms with van der Waals surface area (Å²) < 4.78 is 26.6. The molecule has 2 N–H and O–H groups in total. The molecule has 3 nitrogen and oxygen atoms in total. The quantitative estimate of drug-likeness (QED) is 0.877. The maximum atomic E-state index is 13.7. The Morgan fingerprint density at radius 2 is 2.00 bits per heavy atom. The number of benzene rings is 1. The minimum absolute atomic E-state index is 0.0812. The van der Waals surface area contributed by atoms with Gasteiger partial charge < -0.3 is 10.6 Å². The van der Waals surface area contributed by atoms with Crippen molar-refractivity contribution in [3.63, 3.8) is 0 Å². The maximum Gasteiger partial charge on any atom is 0.220 e. The van der Waals surface area contributed by atoms with Gasteiger partial charge in [0.25, 0.3) is 0 Å². The van der Waals surface area contributed by atoms with Crippen molar-refractivity contribution in [3.05, 3.63) is 35.4 Å². The van der Waals surface area contributed by atoms with E-state index in [1.165, 1.54) is 12.1 Å². The van der Waals surface area contributed by atoms with Gasteiger partial charge in [-0.2, -0.15) is 0 Å². The van der Waals surface area contributed by atoms with E-state index in [4.69, 9.17) is 0 Å². The molecule has 1 aliphatic heterocycles. The second kappa shape index (κ2) is 7.68. The number of halogens is 2. The van der Waals surface area contributed by atoms with Gasteiger partial charge in [-0.1, -0.05) is 13.0 Å². The molecule has 1 aromatic rings. The summed E-state index contributed by atoms with van der Waals surface area (Å²) in [5.74, 6) is -0.446. The van der Waals surface area contributed by atoms with Gasteiger partial charge in [-0.05, 0) is 50.8 Å². The minimum Gasteiger partial charge on any atom is -0.349 e. The van der Waals surface area contributed by atoms with Crippen molar-refractivity contribution >= 4 is 5.91 Å². The zero-order valence-corrected chi connectivity index (χ0v) is 13.2. The summed E-state index contributed by atoms with van der Waals surface area (Å²) in [6.07, 6.45) is 2.63. The van der Waals surface area contributed by atoms with Gasteiger partial charge in [-0.3, -0.25) is 4.79 Å². The number of carbonyl (C=O) groups excluding carboxylic acids is 1. The highest BCUT2D eigenvalue weighted by molar-refractivity contribution is 5.76. The highest BCUT2D eigenvalue weighted by Crippen LogP contribution is 2.25. The lowest BCUT2D eigenvalue weighted by Gasteiger charge is -2.28. The monoisotopic (exact) mass is 310 g/mol. The lowest BCUT2D eigenvalue weighted by Crippen LogP contribution is -2.34. The lowest BCUT2D eigenvalue weighted by atomic mass is 9.84. The molecule has 122 valence electrons. The van der Waals surface area contributed by atoms with Gasteiger partial charge in [-0.15, -0.1) is 0 Å². The number of hydrogen-bond donors (Lipinski definition) is 2. The average Bonchev–Trinajstić information content (AvgIpc) is 2.47. The fourth-order valence-electron chi connectivity index (χ4n) is 3.10. The largest absolute Gasteiger partial charge is 0.349 e. The number of hydrogen-bond acceptors (Lipinski definition) is 2. The predicted molar refractivity (Wildman–Crippen MR) is 82.3 cm³/mol. The van der Waals surface area contributed by atoms with Crippen molar-refractivity contribution in [2.75, 3.05) is 13.1 Å². The number of rotatable bonds is 5. The normalized spacial score (nSPS) is 18.7. The Labute approximate surface area is 130 Å². The molecule has 1 heterocycles. The van der Waals surface area contributed by atoms with Crippen LogP contribution in [0, 0.1) is 23.5 Å². The van der Waals surface area contributed by atoms with Gasteiger partial charge in [0.05, 0.1) is 6.04 Å². The van der Waals surface area contributed by atoms with Crippen molar-refractivity contribution < 1.29 is 13.6 Å². The minimum atomic E-state index is -0.626. The van der Waals surface area contributed by atoms with Crippen molar-refractivity contribution in [2.45, 2.75) is 39.2 Å². The van der Waals surface area contributed by atoms with Crippen LogP contribution >= 0.6 is 0 Å². The highest BCUT2D eigenvalue weighted by Gasteiger charge is 2.23. The topological polar surface area (TPSA) is 41.1 Å². The Bertz CT molecular complexity index is 515. The van der Waals surface area contributed by atoms with Crippen molar-refractivity contribution in [2.24, 2.45) is 11.8 Å². The number of amides is 1. The molecule has 0 aromatic heterocycles. The lowest BCUT2D eigenvalue weighted by molar-refractivity contribution is -0.123. The number of nitrogens with one attached hydrogen (secondary N) is 2. The van der Waals surface area contributed by atoms with Gasteiger partial charge in [0.2, 0.25) is 5.91 Å². The third-order valence-electron chi connectivity index (χ3n) is 4.50. The van der Waals surface area contributed by atoms with E-state index in [9.17, 15) is 13.6 Å². The molecular formula is C17H24F2N2O. The summed E-state index contributed by atoms with van der Waals surface area (Å²) in [6.45, 7) is 5.82. The van der Waals surface area contributed by atoms with Gasteiger partial charge in [0, 0.05) is 18.1 Å². The Hall–Kier alpha value is -1.49. The van der Waals surface area contributed by atoms with Crippen molar-refractivity contribution in [1.29, 1.82) is 0 Å². The number of piperidine rings is 1. The molecule has 1 saturated heterocycles. The van der Waals surface area contributed by atoms with Crippen LogP contribution in [0.5, 0.6) is 0 Å². The molecule has 1 aliphatic rings. The summed E-state index contributed by atoms with van der Waals surface area (Å²) in [5.41, 5.74) is 0.310. The molecule has 0 saturated carbocycles. The Morgan fingerprint density at radius 1 is 1.32 bits per heavy atom. The van der Waals surface area contributed by atoms with Crippen LogP contribution in [0.1, 0.15) is 44.7 Å². The first kappa shape index (κ1) is 16.9. The summed E-state index contributed by atoms with van der Waals surface area (Å²) in [5, 5.41) is 6.12. The van der Waals surface area contributed by atoms with E-state index in [1.807, 2.05) is 0 Å². The molecule has 1 amide bonds. The van der Waals surface area contributed by atoms with Crippen LogP contribution in [-0.4, -0.2) is 19.0 Å². The Balaban J connectivity index is 1.87. The average molecular weight is 310 g/mol. The maximum absolute atomic E-state index is 13.7. The standard InChI is InChI=1S/C17H24F2N2O/c1-11(13-5-7-20-8-6-13)9-17(22)21-12(2)15-4-3-14(18)10-16(15)19/h3-4,10-13,20H,5-9H2,1-2H3,(H,21,22). The van der Waals surface area contributed by atoms with E-state index in [2.05, 4.69) is 17.6 Å². The first-order chi connectivity index (χ1) is 10.5. The molecule has 0 spiro atoms. The van der Waals surface area contributed by atoms with E-state index < -0.39 is 17.7 Å². The fourth-order valence-corrected chi connectivity index (χ4v) is 3.10. The van der Waals surface area contributed by atoms with E-state index in [0.717, 1.165) is 32.0 Å². The summed E-state index contributed by atoms with van der Waals surface area (Å²) in [4.78, 5) is 12.1. The summed E-state index contributed by atoms with van der Waals surface area (Å²) in [7, 11) is 0. The summed E-state index contributed by atoms with van der Waals surface area (Å²) >= 11 is 0. The second-order valence-electron chi connectivity index (χ2n) is 6.22. The van der Waals surface area contributed by atoms with Crippen LogP contribution in [0.3, 0.4) is 0 Å². The zero-order valence-electron chi connectivity index (χ0n) is 13.2. The molecule has 1 aromatic carbocycles. The van der Waals surface area contributed by atoms with Crippen LogP contribution in [0.25, 0.3) is 0 Å². The van der Waals surface area contributed by atoms with E-state index in [1.54, 1.807) is 6.92 Å². The van der Waals surface area contributed by atoms with Gasteiger partial charge in [-0.25, -0.2) is 8.78 Å². The van der Waals surface area contributed by atoms with Crippen LogP contribution in [0.2, 0.25) is 0 Å². The molecule has 1 fully saturated rings.